The minimum Gasteiger partial charge on any atom is -0.452 e. The molecule has 0 unspecified atom stereocenters. The summed E-state index contributed by atoms with van der Waals surface area (Å²) in [6.45, 7) is 5.09. The normalized spacial score (nSPS) is 11.0. The standard InChI is InChI=1S/C23H21ClFN3O3/c1-14-4-10-21(20(24)12-14)26-22(29)13-31-23(30)11-9-19-15(2)27-28(16(19)3)18-7-5-17(25)6-8-18/h4-12H,13H2,1-3H3,(H,26,29)/b11-9+. The molecule has 0 aliphatic carbocycles. The maximum absolute atomic E-state index is 13.2. The highest BCUT2D eigenvalue weighted by Crippen LogP contribution is 2.22. The molecule has 0 bridgehead atoms. The Bertz CT molecular complexity index is 1150. The van der Waals surface area contributed by atoms with E-state index in [9.17, 15) is 14.0 Å². The van der Waals surface area contributed by atoms with Gasteiger partial charge in [-0.3, -0.25) is 4.79 Å². The van der Waals surface area contributed by atoms with E-state index in [1.807, 2.05) is 19.9 Å². The Kier molecular flexibility index (Phi) is 6.87. The third kappa shape index (κ3) is 5.58. The maximum Gasteiger partial charge on any atom is 0.331 e. The number of aromatic nitrogens is 2. The van der Waals surface area contributed by atoms with Gasteiger partial charge in [0.25, 0.3) is 5.91 Å². The highest BCUT2D eigenvalue weighted by molar-refractivity contribution is 6.33. The Hall–Kier alpha value is -3.45. The summed E-state index contributed by atoms with van der Waals surface area (Å²) in [5.74, 6) is -1.50. The van der Waals surface area contributed by atoms with Crippen LogP contribution in [0.1, 0.15) is 22.5 Å². The van der Waals surface area contributed by atoms with Crippen LogP contribution >= 0.6 is 11.6 Å². The molecule has 0 saturated heterocycles. The molecule has 0 spiro atoms. The number of hydrogen-bond donors (Lipinski definition) is 1. The second kappa shape index (κ2) is 9.57. The number of rotatable bonds is 6. The molecule has 0 saturated carbocycles. The first kappa shape index (κ1) is 22.2. The summed E-state index contributed by atoms with van der Waals surface area (Å²) in [4.78, 5) is 24.0. The van der Waals surface area contributed by atoms with E-state index in [2.05, 4.69) is 10.4 Å². The van der Waals surface area contributed by atoms with Crippen LogP contribution in [0, 0.1) is 26.6 Å². The second-order valence-electron chi connectivity index (χ2n) is 6.95. The lowest BCUT2D eigenvalue weighted by atomic mass is 10.2. The number of esters is 1. The quantitative estimate of drug-likeness (QED) is 0.441. The lowest BCUT2D eigenvalue weighted by molar-refractivity contribution is -0.142. The van der Waals surface area contributed by atoms with Crippen LogP contribution in [0.3, 0.4) is 0 Å². The van der Waals surface area contributed by atoms with Crippen molar-refractivity contribution >= 4 is 35.2 Å². The number of aryl methyl sites for hydroxylation is 2. The van der Waals surface area contributed by atoms with Gasteiger partial charge >= 0.3 is 5.97 Å². The number of carbonyl (C=O) groups is 2. The largest absolute Gasteiger partial charge is 0.452 e. The van der Waals surface area contributed by atoms with E-state index in [1.54, 1.807) is 41.9 Å². The summed E-state index contributed by atoms with van der Waals surface area (Å²) >= 11 is 6.08. The van der Waals surface area contributed by atoms with Crippen LogP contribution in [0.5, 0.6) is 0 Å². The van der Waals surface area contributed by atoms with E-state index in [0.717, 1.165) is 16.8 Å². The van der Waals surface area contributed by atoms with Gasteiger partial charge in [-0.05, 0) is 68.8 Å². The molecular formula is C23H21ClFN3O3. The van der Waals surface area contributed by atoms with Crippen molar-refractivity contribution in [3.8, 4) is 5.69 Å². The lowest BCUT2D eigenvalue weighted by Crippen LogP contribution is -2.20. The predicted molar refractivity (Wildman–Crippen MR) is 118 cm³/mol. The van der Waals surface area contributed by atoms with Gasteiger partial charge in [0.15, 0.2) is 6.61 Å². The highest BCUT2D eigenvalue weighted by atomic mass is 35.5. The van der Waals surface area contributed by atoms with Crippen LogP contribution in [-0.4, -0.2) is 28.3 Å². The van der Waals surface area contributed by atoms with Crippen LogP contribution in [0.2, 0.25) is 5.02 Å². The van der Waals surface area contributed by atoms with Crippen molar-refractivity contribution in [3.63, 3.8) is 0 Å². The van der Waals surface area contributed by atoms with Gasteiger partial charge < -0.3 is 10.1 Å². The van der Waals surface area contributed by atoms with Gasteiger partial charge in [0, 0.05) is 17.3 Å². The first-order valence-electron chi connectivity index (χ1n) is 9.47. The number of amides is 1. The number of nitrogens with one attached hydrogen (secondary N) is 1. The summed E-state index contributed by atoms with van der Waals surface area (Å²) in [7, 11) is 0. The van der Waals surface area contributed by atoms with Gasteiger partial charge in [-0.1, -0.05) is 17.7 Å². The molecule has 1 heterocycles. The first-order valence-corrected chi connectivity index (χ1v) is 9.85. The van der Waals surface area contributed by atoms with E-state index < -0.39 is 18.5 Å². The molecular weight excluding hydrogens is 421 g/mol. The average molecular weight is 442 g/mol. The zero-order chi connectivity index (χ0) is 22.5. The van der Waals surface area contributed by atoms with Crippen molar-refractivity contribution < 1.29 is 18.7 Å². The van der Waals surface area contributed by atoms with Gasteiger partial charge in [0.2, 0.25) is 0 Å². The molecule has 0 aliphatic rings. The van der Waals surface area contributed by atoms with E-state index in [-0.39, 0.29) is 5.82 Å². The molecule has 1 aromatic heterocycles. The first-order chi connectivity index (χ1) is 14.7. The number of hydrogen-bond acceptors (Lipinski definition) is 4. The van der Waals surface area contributed by atoms with Crippen LogP contribution in [-0.2, 0) is 14.3 Å². The Morgan fingerprint density at radius 2 is 1.87 bits per heavy atom. The molecule has 3 rings (SSSR count). The molecule has 160 valence electrons. The Morgan fingerprint density at radius 3 is 2.55 bits per heavy atom. The average Bonchev–Trinajstić information content (AvgIpc) is 3.01. The molecule has 1 amide bonds. The van der Waals surface area contributed by atoms with Crippen molar-refractivity contribution in [3.05, 3.63) is 81.9 Å². The molecule has 1 N–H and O–H groups in total. The van der Waals surface area contributed by atoms with Crippen molar-refractivity contribution in [2.75, 3.05) is 11.9 Å². The molecule has 2 aromatic carbocycles. The monoisotopic (exact) mass is 441 g/mol. The fourth-order valence-electron chi connectivity index (χ4n) is 2.97. The molecule has 6 nitrogen and oxygen atoms in total. The number of anilines is 1. The van der Waals surface area contributed by atoms with Crippen LogP contribution in [0.4, 0.5) is 10.1 Å². The van der Waals surface area contributed by atoms with Gasteiger partial charge in [-0.25, -0.2) is 13.9 Å². The topological polar surface area (TPSA) is 73.2 Å². The molecule has 3 aromatic rings. The molecule has 31 heavy (non-hydrogen) atoms. The number of halogens is 2. The summed E-state index contributed by atoms with van der Waals surface area (Å²) in [5.41, 5.74) is 4.32. The SMILES string of the molecule is Cc1ccc(NC(=O)COC(=O)/C=C/c2c(C)nn(-c3ccc(F)cc3)c2C)c(Cl)c1. The minimum atomic E-state index is -0.668. The number of benzene rings is 2. The molecule has 8 heteroatoms. The fraction of sp³-hybridized carbons (Fsp3) is 0.174. The summed E-state index contributed by atoms with van der Waals surface area (Å²) in [6, 6.07) is 11.2. The summed E-state index contributed by atoms with van der Waals surface area (Å²) in [6.07, 6.45) is 2.81. The second-order valence-corrected chi connectivity index (χ2v) is 7.35. The van der Waals surface area contributed by atoms with Crippen LogP contribution in [0.25, 0.3) is 11.8 Å². The zero-order valence-electron chi connectivity index (χ0n) is 17.3. The van der Waals surface area contributed by atoms with Crippen molar-refractivity contribution in [1.29, 1.82) is 0 Å². The Labute approximate surface area is 184 Å². The third-order valence-corrected chi connectivity index (χ3v) is 4.86. The Morgan fingerprint density at radius 1 is 1.16 bits per heavy atom. The predicted octanol–water partition coefficient (Wildman–Crippen LogP) is 4.79. The maximum atomic E-state index is 13.2. The summed E-state index contributed by atoms with van der Waals surface area (Å²) in [5, 5.41) is 7.44. The van der Waals surface area contributed by atoms with Crippen molar-refractivity contribution in [2.24, 2.45) is 0 Å². The van der Waals surface area contributed by atoms with E-state index in [0.29, 0.717) is 22.1 Å². The van der Waals surface area contributed by atoms with Crippen LogP contribution in [0.15, 0.2) is 48.5 Å². The number of ether oxygens (including phenoxy) is 1. The van der Waals surface area contributed by atoms with Gasteiger partial charge in [-0.15, -0.1) is 0 Å². The van der Waals surface area contributed by atoms with E-state index in [1.165, 1.54) is 18.2 Å². The molecule has 0 fully saturated rings. The van der Waals surface area contributed by atoms with E-state index in [4.69, 9.17) is 16.3 Å². The highest BCUT2D eigenvalue weighted by Gasteiger charge is 2.12. The lowest BCUT2D eigenvalue weighted by Gasteiger charge is -2.07. The van der Waals surface area contributed by atoms with Gasteiger partial charge in [0.05, 0.1) is 22.1 Å². The molecule has 0 aliphatic heterocycles. The number of carbonyl (C=O) groups excluding carboxylic acids is 2. The smallest absolute Gasteiger partial charge is 0.331 e. The third-order valence-electron chi connectivity index (χ3n) is 4.55. The van der Waals surface area contributed by atoms with E-state index >= 15 is 0 Å². The fourth-order valence-corrected chi connectivity index (χ4v) is 3.26. The van der Waals surface area contributed by atoms with Crippen molar-refractivity contribution in [2.45, 2.75) is 20.8 Å². The van der Waals surface area contributed by atoms with Crippen molar-refractivity contribution in [1.82, 2.24) is 9.78 Å². The number of nitrogens with zero attached hydrogens (tertiary/aromatic N) is 2. The molecule has 0 radical (unpaired) electrons. The zero-order valence-corrected chi connectivity index (χ0v) is 18.0. The van der Waals surface area contributed by atoms with Gasteiger partial charge in [0.1, 0.15) is 5.82 Å². The van der Waals surface area contributed by atoms with Crippen LogP contribution < -0.4 is 5.32 Å². The molecule has 0 atom stereocenters. The minimum absolute atomic E-state index is 0.332. The Balaban J connectivity index is 1.61. The van der Waals surface area contributed by atoms with Gasteiger partial charge in [-0.2, -0.15) is 5.10 Å². The summed E-state index contributed by atoms with van der Waals surface area (Å²) < 4.78 is 19.8.